The van der Waals surface area contributed by atoms with Crippen molar-refractivity contribution in [2.45, 2.75) is 31.9 Å². The highest BCUT2D eigenvalue weighted by atomic mass is 35.5. The molecule has 0 radical (unpaired) electrons. The normalized spacial score (nSPS) is 13.6. The lowest BCUT2D eigenvalue weighted by molar-refractivity contribution is -0.384. The van der Waals surface area contributed by atoms with Crippen molar-refractivity contribution in [3.63, 3.8) is 0 Å². The van der Waals surface area contributed by atoms with Gasteiger partial charge in [0.05, 0.1) is 17.1 Å². The standard InChI is InChI=1S/C11H15ClN2O3.ClH/c1-2-3-10(15)11(13)7-4-5-8(12)9(6-7)14(16)17;/h4-6,10-11,15H,2-3,13H2,1H3;1H/t10-,11+;/m0./s1. The molecule has 1 aromatic rings. The van der Waals surface area contributed by atoms with E-state index in [0.29, 0.717) is 12.0 Å². The summed E-state index contributed by atoms with van der Waals surface area (Å²) in [6.07, 6.45) is 0.642. The number of aliphatic hydroxyl groups is 1. The zero-order chi connectivity index (χ0) is 13.0. The Morgan fingerprint density at radius 3 is 2.67 bits per heavy atom. The number of rotatable bonds is 5. The number of hydrogen-bond acceptors (Lipinski definition) is 4. The van der Waals surface area contributed by atoms with Gasteiger partial charge in [0.1, 0.15) is 5.02 Å². The predicted molar refractivity (Wildman–Crippen MR) is 73.2 cm³/mol. The Hall–Kier alpha value is -0.880. The molecule has 5 nitrogen and oxygen atoms in total. The van der Waals surface area contributed by atoms with E-state index < -0.39 is 17.1 Å². The van der Waals surface area contributed by atoms with Gasteiger partial charge in [0, 0.05) is 6.07 Å². The average Bonchev–Trinajstić information content (AvgIpc) is 2.28. The third-order valence-electron chi connectivity index (χ3n) is 2.55. The molecule has 0 saturated heterocycles. The van der Waals surface area contributed by atoms with E-state index in [9.17, 15) is 15.2 Å². The Kier molecular flexibility index (Phi) is 7.16. The lowest BCUT2D eigenvalue weighted by Gasteiger charge is -2.18. The number of nitrogens with zero attached hydrogens (tertiary/aromatic N) is 1. The molecule has 102 valence electrons. The second-order valence-electron chi connectivity index (χ2n) is 3.85. The van der Waals surface area contributed by atoms with Crippen LogP contribution < -0.4 is 5.73 Å². The maximum atomic E-state index is 10.7. The largest absolute Gasteiger partial charge is 0.391 e. The summed E-state index contributed by atoms with van der Waals surface area (Å²) in [5.41, 5.74) is 6.15. The lowest BCUT2D eigenvalue weighted by Crippen LogP contribution is -2.26. The summed E-state index contributed by atoms with van der Waals surface area (Å²) in [5.74, 6) is 0. The van der Waals surface area contributed by atoms with E-state index in [-0.39, 0.29) is 23.1 Å². The Balaban J connectivity index is 0.00000289. The van der Waals surface area contributed by atoms with Crippen LogP contribution in [0.2, 0.25) is 5.02 Å². The zero-order valence-electron chi connectivity index (χ0n) is 9.88. The van der Waals surface area contributed by atoms with Crippen molar-refractivity contribution in [2.24, 2.45) is 5.73 Å². The lowest BCUT2D eigenvalue weighted by atomic mass is 9.99. The fourth-order valence-corrected chi connectivity index (χ4v) is 1.76. The van der Waals surface area contributed by atoms with Crippen molar-refractivity contribution in [1.29, 1.82) is 0 Å². The van der Waals surface area contributed by atoms with E-state index in [1.807, 2.05) is 6.92 Å². The fourth-order valence-electron chi connectivity index (χ4n) is 1.57. The highest BCUT2D eigenvalue weighted by Gasteiger charge is 2.20. The molecule has 3 N–H and O–H groups in total. The van der Waals surface area contributed by atoms with Gasteiger partial charge < -0.3 is 10.8 Å². The van der Waals surface area contributed by atoms with Gasteiger partial charge in [-0.1, -0.05) is 31.0 Å². The number of nitro benzene ring substituents is 1. The topological polar surface area (TPSA) is 89.4 Å². The van der Waals surface area contributed by atoms with Gasteiger partial charge in [0.15, 0.2) is 0 Å². The van der Waals surface area contributed by atoms with E-state index in [4.69, 9.17) is 17.3 Å². The molecule has 0 amide bonds. The highest BCUT2D eigenvalue weighted by Crippen LogP contribution is 2.28. The summed E-state index contributed by atoms with van der Waals surface area (Å²) in [6, 6.07) is 3.70. The van der Waals surface area contributed by atoms with Gasteiger partial charge in [-0.15, -0.1) is 12.4 Å². The molecule has 2 atom stereocenters. The molecule has 0 spiro atoms. The van der Waals surface area contributed by atoms with Crippen LogP contribution in [0.3, 0.4) is 0 Å². The molecule has 0 unspecified atom stereocenters. The number of nitrogens with two attached hydrogens (primary N) is 1. The van der Waals surface area contributed by atoms with Gasteiger partial charge in [-0.25, -0.2) is 0 Å². The Morgan fingerprint density at radius 1 is 1.56 bits per heavy atom. The molecule has 1 aromatic carbocycles. The summed E-state index contributed by atoms with van der Waals surface area (Å²) in [7, 11) is 0. The maximum Gasteiger partial charge on any atom is 0.288 e. The first-order valence-electron chi connectivity index (χ1n) is 5.34. The van der Waals surface area contributed by atoms with Gasteiger partial charge in [-0.2, -0.15) is 0 Å². The minimum Gasteiger partial charge on any atom is -0.391 e. The van der Waals surface area contributed by atoms with Crippen molar-refractivity contribution in [3.05, 3.63) is 38.9 Å². The van der Waals surface area contributed by atoms with Gasteiger partial charge in [0.25, 0.3) is 5.69 Å². The van der Waals surface area contributed by atoms with Gasteiger partial charge >= 0.3 is 0 Å². The third kappa shape index (κ3) is 4.10. The van der Waals surface area contributed by atoms with Crippen LogP contribution in [0.1, 0.15) is 31.4 Å². The molecule has 0 aliphatic carbocycles. The molecule has 1 rings (SSSR count). The Morgan fingerprint density at radius 2 is 2.17 bits per heavy atom. The van der Waals surface area contributed by atoms with Crippen LogP contribution in [0.15, 0.2) is 18.2 Å². The molecule has 0 saturated carbocycles. The molecule has 0 heterocycles. The van der Waals surface area contributed by atoms with Crippen LogP contribution in [0.5, 0.6) is 0 Å². The van der Waals surface area contributed by atoms with Gasteiger partial charge in [0.2, 0.25) is 0 Å². The number of benzene rings is 1. The number of halogens is 2. The summed E-state index contributed by atoms with van der Waals surface area (Å²) in [6.45, 7) is 1.93. The molecule has 0 aromatic heterocycles. The van der Waals surface area contributed by atoms with Gasteiger partial charge in [-0.3, -0.25) is 10.1 Å². The number of nitro groups is 1. The Bertz CT molecular complexity index is 415. The number of hydrogen-bond donors (Lipinski definition) is 2. The minimum absolute atomic E-state index is 0. The first-order chi connectivity index (χ1) is 7.97. The first kappa shape index (κ1) is 17.1. The minimum atomic E-state index is -0.708. The van der Waals surface area contributed by atoms with Crippen LogP contribution in [0.4, 0.5) is 5.69 Å². The SMILES string of the molecule is CCC[C@H](O)[C@H](N)c1ccc(Cl)c([N+](=O)[O-])c1.Cl. The van der Waals surface area contributed by atoms with Crippen LogP contribution in [0, 0.1) is 10.1 Å². The number of aliphatic hydroxyl groups excluding tert-OH is 1. The molecule has 7 heteroatoms. The van der Waals surface area contributed by atoms with E-state index in [0.717, 1.165) is 6.42 Å². The first-order valence-corrected chi connectivity index (χ1v) is 5.72. The molecular weight excluding hydrogens is 279 g/mol. The fraction of sp³-hybridized carbons (Fsp3) is 0.455. The summed E-state index contributed by atoms with van der Waals surface area (Å²) in [4.78, 5) is 10.1. The second-order valence-corrected chi connectivity index (χ2v) is 4.26. The molecule has 0 fully saturated rings. The second kappa shape index (κ2) is 7.53. The highest BCUT2D eigenvalue weighted by molar-refractivity contribution is 6.32. The van der Waals surface area contributed by atoms with E-state index in [1.54, 1.807) is 6.07 Å². The Labute approximate surface area is 116 Å². The molecule has 0 bridgehead atoms. The smallest absolute Gasteiger partial charge is 0.288 e. The van der Waals surface area contributed by atoms with Crippen molar-refractivity contribution in [3.8, 4) is 0 Å². The van der Waals surface area contributed by atoms with Crippen molar-refractivity contribution < 1.29 is 10.0 Å². The summed E-state index contributed by atoms with van der Waals surface area (Å²) < 4.78 is 0. The zero-order valence-corrected chi connectivity index (χ0v) is 11.4. The maximum absolute atomic E-state index is 10.7. The van der Waals surface area contributed by atoms with Crippen molar-refractivity contribution in [1.82, 2.24) is 0 Å². The third-order valence-corrected chi connectivity index (χ3v) is 2.87. The van der Waals surface area contributed by atoms with Crippen LogP contribution in [-0.4, -0.2) is 16.1 Å². The van der Waals surface area contributed by atoms with Crippen LogP contribution in [0.25, 0.3) is 0 Å². The molecule has 0 aliphatic rings. The van der Waals surface area contributed by atoms with E-state index in [1.165, 1.54) is 12.1 Å². The molecule has 0 aliphatic heterocycles. The van der Waals surface area contributed by atoms with Crippen LogP contribution in [-0.2, 0) is 0 Å². The summed E-state index contributed by atoms with van der Waals surface area (Å²) in [5, 5.41) is 20.5. The summed E-state index contributed by atoms with van der Waals surface area (Å²) >= 11 is 5.69. The van der Waals surface area contributed by atoms with E-state index >= 15 is 0 Å². The predicted octanol–water partition coefficient (Wildman–Crippen LogP) is 2.83. The van der Waals surface area contributed by atoms with Crippen molar-refractivity contribution >= 4 is 29.7 Å². The monoisotopic (exact) mass is 294 g/mol. The van der Waals surface area contributed by atoms with Gasteiger partial charge in [-0.05, 0) is 18.1 Å². The van der Waals surface area contributed by atoms with Crippen molar-refractivity contribution in [2.75, 3.05) is 0 Å². The molecular formula is C11H16Cl2N2O3. The van der Waals surface area contributed by atoms with Crippen LogP contribution >= 0.6 is 24.0 Å². The average molecular weight is 295 g/mol. The quantitative estimate of drug-likeness (QED) is 0.645. The molecule has 18 heavy (non-hydrogen) atoms. The van der Waals surface area contributed by atoms with E-state index in [2.05, 4.69) is 0 Å².